The Kier molecular flexibility index (Phi) is 4.51. The van der Waals surface area contributed by atoms with E-state index in [1.54, 1.807) is 6.07 Å². The summed E-state index contributed by atoms with van der Waals surface area (Å²) in [4.78, 5) is 25.7. The van der Waals surface area contributed by atoms with Crippen LogP contribution in [0, 0.1) is 12.8 Å². The molecule has 0 spiro atoms. The third-order valence-corrected chi connectivity index (χ3v) is 4.42. The molecule has 1 fully saturated rings. The van der Waals surface area contributed by atoms with Gasteiger partial charge in [0.2, 0.25) is 5.91 Å². The van der Waals surface area contributed by atoms with Crippen molar-refractivity contribution in [3.8, 4) is 11.3 Å². The number of carbonyl (C=O) groups excluding carboxylic acids is 1. The van der Waals surface area contributed by atoms with Gasteiger partial charge in [-0.15, -0.1) is 0 Å². The highest BCUT2D eigenvalue weighted by Gasteiger charge is 2.28. The number of nitrogens with zero attached hydrogens (tertiary/aromatic N) is 3. The average molecular weight is 330 g/mol. The SMILES string of the molecule is Cc1cc(-c2cc(=O)[nH]nc2C2CCN(C(=O)C(C)C)CC2)on1. The molecule has 128 valence electrons. The van der Waals surface area contributed by atoms with Crippen LogP contribution in [0.3, 0.4) is 0 Å². The molecule has 1 aliphatic heterocycles. The first-order chi connectivity index (χ1) is 11.5. The summed E-state index contributed by atoms with van der Waals surface area (Å²) in [5, 5.41) is 10.7. The van der Waals surface area contributed by atoms with E-state index >= 15 is 0 Å². The van der Waals surface area contributed by atoms with Crippen molar-refractivity contribution in [2.24, 2.45) is 5.92 Å². The van der Waals surface area contributed by atoms with Crippen molar-refractivity contribution < 1.29 is 9.32 Å². The Morgan fingerprint density at radius 1 is 1.33 bits per heavy atom. The summed E-state index contributed by atoms with van der Waals surface area (Å²) in [5.74, 6) is 0.940. The molecule has 1 aliphatic rings. The van der Waals surface area contributed by atoms with Gasteiger partial charge in [-0.2, -0.15) is 5.10 Å². The van der Waals surface area contributed by atoms with Crippen molar-refractivity contribution in [2.75, 3.05) is 13.1 Å². The van der Waals surface area contributed by atoms with Gasteiger partial charge in [-0.05, 0) is 19.8 Å². The number of hydrogen-bond donors (Lipinski definition) is 1. The van der Waals surface area contributed by atoms with E-state index in [4.69, 9.17) is 4.52 Å². The van der Waals surface area contributed by atoms with Gasteiger partial charge in [-0.1, -0.05) is 19.0 Å². The lowest BCUT2D eigenvalue weighted by Crippen LogP contribution is -2.40. The molecular formula is C17H22N4O3. The molecular weight excluding hydrogens is 308 g/mol. The molecule has 2 aromatic heterocycles. The van der Waals surface area contributed by atoms with Crippen LogP contribution in [0.15, 0.2) is 21.5 Å². The maximum absolute atomic E-state index is 12.1. The molecule has 0 saturated carbocycles. The van der Waals surface area contributed by atoms with Crippen LogP contribution in [0.4, 0.5) is 0 Å². The van der Waals surface area contributed by atoms with Gasteiger partial charge < -0.3 is 9.42 Å². The van der Waals surface area contributed by atoms with Crippen molar-refractivity contribution in [2.45, 2.75) is 39.5 Å². The van der Waals surface area contributed by atoms with Crippen LogP contribution < -0.4 is 5.56 Å². The minimum absolute atomic E-state index is 0.0143. The lowest BCUT2D eigenvalue weighted by atomic mass is 9.89. The number of aromatic amines is 1. The van der Waals surface area contributed by atoms with Crippen LogP contribution in [0.5, 0.6) is 0 Å². The Labute approximate surface area is 140 Å². The van der Waals surface area contributed by atoms with E-state index in [1.807, 2.05) is 25.7 Å². The topological polar surface area (TPSA) is 92.1 Å². The number of carbonyl (C=O) groups is 1. The van der Waals surface area contributed by atoms with Gasteiger partial charge in [0.05, 0.1) is 11.4 Å². The molecule has 0 radical (unpaired) electrons. The lowest BCUT2D eigenvalue weighted by molar-refractivity contribution is -0.135. The number of nitrogens with one attached hydrogen (secondary N) is 1. The normalized spacial score (nSPS) is 15.9. The molecule has 1 N–H and O–H groups in total. The third kappa shape index (κ3) is 3.25. The number of amides is 1. The number of rotatable bonds is 3. The fourth-order valence-corrected chi connectivity index (χ4v) is 3.15. The van der Waals surface area contributed by atoms with Crippen molar-refractivity contribution in [1.29, 1.82) is 0 Å². The number of hydrogen-bond acceptors (Lipinski definition) is 5. The zero-order valence-corrected chi connectivity index (χ0v) is 14.2. The smallest absolute Gasteiger partial charge is 0.264 e. The van der Waals surface area contributed by atoms with Gasteiger partial charge in [-0.3, -0.25) is 9.59 Å². The third-order valence-electron chi connectivity index (χ3n) is 4.42. The predicted octanol–water partition coefficient (Wildman–Crippen LogP) is 2.10. The first kappa shape index (κ1) is 16.4. The summed E-state index contributed by atoms with van der Waals surface area (Å²) in [5.41, 5.74) is 1.99. The van der Waals surface area contributed by atoms with Gasteiger partial charge in [0, 0.05) is 42.6 Å². The second kappa shape index (κ2) is 6.59. The van der Waals surface area contributed by atoms with Crippen LogP contribution in [-0.2, 0) is 4.79 Å². The highest BCUT2D eigenvalue weighted by Crippen LogP contribution is 2.33. The number of aromatic nitrogens is 3. The molecule has 0 atom stereocenters. The molecule has 0 aliphatic carbocycles. The predicted molar refractivity (Wildman–Crippen MR) is 88.5 cm³/mol. The quantitative estimate of drug-likeness (QED) is 0.930. The first-order valence-electron chi connectivity index (χ1n) is 8.28. The van der Waals surface area contributed by atoms with Crippen molar-refractivity contribution in [3.63, 3.8) is 0 Å². The minimum atomic E-state index is -0.268. The Morgan fingerprint density at radius 2 is 2.04 bits per heavy atom. The standard InChI is InChI=1S/C17H22N4O3/c1-10(2)17(23)21-6-4-12(5-7-21)16-13(9-15(22)18-19-16)14-8-11(3)20-24-14/h8-10,12H,4-7H2,1-3H3,(H,18,22). The number of likely N-dealkylation sites (tertiary alicyclic amines) is 1. The van der Waals surface area contributed by atoms with E-state index in [9.17, 15) is 9.59 Å². The Hall–Kier alpha value is -2.44. The first-order valence-corrected chi connectivity index (χ1v) is 8.28. The van der Waals surface area contributed by atoms with Crippen LogP contribution in [0.1, 0.15) is 44.0 Å². The van der Waals surface area contributed by atoms with Gasteiger partial charge in [0.25, 0.3) is 5.56 Å². The van der Waals surface area contributed by atoms with E-state index in [0.717, 1.165) is 24.2 Å². The fraction of sp³-hybridized carbons (Fsp3) is 0.529. The van der Waals surface area contributed by atoms with Gasteiger partial charge in [-0.25, -0.2) is 5.10 Å². The number of piperidine rings is 1. The van der Waals surface area contributed by atoms with Crippen LogP contribution in [0.25, 0.3) is 11.3 Å². The van der Waals surface area contributed by atoms with Gasteiger partial charge in [0.15, 0.2) is 5.76 Å². The minimum Gasteiger partial charge on any atom is -0.356 e. The average Bonchev–Trinajstić information content (AvgIpc) is 3.00. The second-order valence-electron chi connectivity index (χ2n) is 6.62. The monoisotopic (exact) mass is 330 g/mol. The van der Waals surface area contributed by atoms with Crippen molar-refractivity contribution in [1.82, 2.24) is 20.3 Å². The molecule has 24 heavy (non-hydrogen) atoms. The molecule has 0 unspecified atom stereocenters. The highest BCUT2D eigenvalue weighted by atomic mass is 16.5. The molecule has 7 heteroatoms. The zero-order valence-electron chi connectivity index (χ0n) is 14.2. The molecule has 3 rings (SSSR count). The molecule has 0 aromatic carbocycles. The Bertz CT molecular complexity index is 785. The molecule has 3 heterocycles. The van der Waals surface area contributed by atoms with E-state index in [2.05, 4.69) is 15.4 Å². The summed E-state index contributed by atoms with van der Waals surface area (Å²) in [7, 11) is 0. The van der Waals surface area contributed by atoms with E-state index < -0.39 is 0 Å². The van der Waals surface area contributed by atoms with E-state index in [-0.39, 0.29) is 23.3 Å². The maximum atomic E-state index is 12.1. The van der Waals surface area contributed by atoms with E-state index in [0.29, 0.717) is 24.4 Å². The zero-order chi connectivity index (χ0) is 17.3. The molecule has 1 saturated heterocycles. The molecule has 0 bridgehead atoms. The summed E-state index contributed by atoms with van der Waals surface area (Å²) < 4.78 is 5.32. The van der Waals surface area contributed by atoms with Crippen LogP contribution in [-0.4, -0.2) is 39.3 Å². The molecule has 1 amide bonds. The summed E-state index contributed by atoms with van der Waals surface area (Å²) in [6.45, 7) is 7.09. The Morgan fingerprint density at radius 3 is 2.62 bits per heavy atom. The maximum Gasteiger partial charge on any atom is 0.264 e. The summed E-state index contributed by atoms with van der Waals surface area (Å²) >= 11 is 0. The van der Waals surface area contributed by atoms with Gasteiger partial charge in [0.1, 0.15) is 0 Å². The molecule has 7 nitrogen and oxygen atoms in total. The number of H-pyrrole nitrogens is 1. The second-order valence-corrected chi connectivity index (χ2v) is 6.62. The Balaban J connectivity index is 1.84. The molecule has 2 aromatic rings. The largest absolute Gasteiger partial charge is 0.356 e. The van der Waals surface area contributed by atoms with E-state index in [1.165, 1.54) is 6.07 Å². The van der Waals surface area contributed by atoms with Crippen LogP contribution >= 0.6 is 0 Å². The van der Waals surface area contributed by atoms with Crippen molar-refractivity contribution >= 4 is 5.91 Å². The summed E-state index contributed by atoms with van der Waals surface area (Å²) in [6.07, 6.45) is 1.63. The fourth-order valence-electron chi connectivity index (χ4n) is 3.15. The van der Waals surface area contributed by atoms with Crippen LogP contribution in [0.2, 0.25) is 0 Å². The van der Waals surface area contributed by atoms with Crippen molar-refractivity contribution in [3.05, 3.63) is 33.9 Å². The van der Waals surface area contributed by atoms with Gasteiger partial charge >= 0.3 is 0 Å². The highest BCUT2D eigenvalue weighted by molar-refractivity contribution is 5.78. The number of aryl methyl sites for hydroxylation is 1. The lowest BCUT2D eigenvalue weighted by Gasteiger charge is -2.33. The summed E-state index contributed by atoms with van der Waals surface area (Å²) in [6, 6.07) is 3.31.